The third-order valence-electron chi connectivity index (χ3n) is 3.63. The average Bonchev–Trinajstić information content (AvgIpc) is 3.01. The molecular formula is C19H27NO3. The molecule has 0 bridgehead atoms. The molecule has 4 heteroatoms. The fourth-order valence-electron chi connectivity index (χ4n) is 2.66. The van der Waals surface area contributed by atoms with Crippen LogP contribution in [0.5, 0.6) is 0 Å². The number of aliphatic hydroxyl groups is 1. The van der Waals surface area contributed by atoms with Crippen LogP contribution in [-0.4, -0.2) is 35.8 Å². The maximum atomic E-state index is 10.2. The van der Waals surface area contributed by atoms with E-state index >= 15 is 0 Å². The molecule has 0 aliphatic heterocycles. The first-order chi connectivity index (χ1) is 11.2. The van der Waals surface area contributed by atoms with E-state index < -0.39 is 6.10 Å². The van der Waals surface area contributed by atoms with Crippen molar-refractivity contribution < 1.29 is 14.3 Å². The van der Waals surface area contributed by atoms with Crippen molar-refractivity contribution >= 4 is 0 Å². The molecule has 1 N–H and O–H groups in total. The molecule has 0 fully saturated rings. The Bertz CT molecular complexity index is 554. The van der Waals surface area contributed by atoms with Crippen molar-refractivity contribution in [2.75, 3.05) is 19.7 Å². The predicted molar refractivity (Wildman–Crippen MR) is 91.1 cm³/mol. The summed E-state index contributed by atoms with van der Waals surface area (Å²) >= 11 is 0. The third-order valence-corrected chi connectivity index (χ3v) is 3.63. The lowest BCUT2D eigenvalue weighted by Gasteiger charge is -2.24. The highest BCUT2D eigenvalue weighted by atomic mass is 16.5. The fraction of sp³-hybridized carbons (Fsp3) is 0.474. The Labute approximate surface area is 138 Å². The van der Waals surface area contributed by atoms with Crippen LogP contribution in [0.1, 0.15) is 30.2 Å². The molecule has 23 heavy (non-hydrogen) atoms. The van der Waals surface area contributed by atoms with E-state index in [-0.39, 0.29) is 0 Å². The Kier molecular flexibility index (Phi) is 7.33. The Morgan fingerprint density at radius 1 is 1.26 bits per heavy atom. The van der Waals surface area contributed by atoms with Crippen LogP contribution in [0, 0.1) is 6.92 Å². The summed E-state index contributed by atoms with van der Waals surface area (Å²) in [5.74, 6) is 0.780. The lowest BCUT2D eigenvalue weighted by atomic mass is 10.1. The number of benzene rings is 1. The number of rotatable bonds is 10. The maximum Gasteiger partial charge on any atom is 0.129 e. The summed E-state index contributed by atoms with van der Waals surface area (Å²) in [6, 6.07) is 12.2. The Morgan fingerprint density at radius 2 is 2.13 bits per heavy atom. The second kappa shape index (κ2) is 9.50. The topological polar surface area (TPSA) is 45.8 Å². The number of ether oxygens (including phenoxy) is 1. The minimum absolute atomic E-state index is 0.314. The van der Waals surface area contributed by atoms with E-state index in [1.807, 2.05) is 12.1 Å². The normalized spacial score (nSPS) is 12.7. The van der Waals surface area contributed by atoms with Gasteiger partial charge in [-0.25, -0.2) is 0 Å². The fourth-order valence-corrected chi connectivity index (χ4v) is 2.66. The SMILES string of the molecule is CCCN(Cc1cccc(C)c1)CC(O)COCc1ccco1. The van der Waals surface area contributed by atoms with Gasteiger partial charge in [-0.05, 0) is 37.6 Å². The van der Waals surface area contributed by atoms with Crippen LogP contribution in [0.15, 0.2) is 47.1 Å². The molecule has 4 nitrogen and oxygen atoms in total. The molecule has 1 unspecified atom stereocenters. The zero-order valence-electron chi connectivity index (χ0n) is 14.1. The van der Waals surface area contributed by atoms with Gasteiger partial charge in [0.2, 0.25) is 0 Å². The quantitative estimate of drug-likeness (QED) is 0.730. The van der Waals surface area contributed by atoms with E-state index in [0.717, 1.165) is 25.3 Å². The molecule has 0 saturated carbocycles. The average molecular weight is 317 g/mol. The number of aliphatic hydroxyl groups excluding tert-OH is 1. The van der Waals surface area contributed by atoms with Gasteiger partial charge in [0.05, 0.1) is 19.0 Å². The first kappa shape index (κ1) is 17.7. The lowest BCUT2D eigenvalue weighted by Crippen LogP contribution is -2.35. The summed E-state index contributed by atoms with van der Waals surface area (Å²) in [4.78, 5) is 2.27. The van der Waals surface area contributed by atoms with Gasteiger partial charge in [0.25, 0.3) is 0 Å². The first-order valence-electron chi connectivity index (χ1n) is 8.23. The summed E-state index contributed by atoms with van der Waals surface area (Å²) in [6.07, 6.45) is 2.19. The molecule has 0 saturated heterocycles. The zero-order chi connectivity index (χ0) is 16.5. The smallest absolute Gasteiger partial charge is 0.129 e. The molecule has 1 atom stereocenters. The highest BCUT2D eigenvalue weighted by molar-refractivity contribution is 5.22. The standard InChI is InChI=1S/C19H27NO3/c1-3-9-20(12-17-7-4-6-16(2)11-17)13-18(21)14-22-15-19-8-5-10-23-19/h4-8,10-11,18,21H,3,9,12-15H2,1-2H3. The molecule has 1 heterocycles. The minimum atomic E-state index is -0.499. The molecule has 0 spiro atoms. The van der Waals surface area contributed by atoms with Crippen molar-refractivity contribution in [1.29, 1.82) is 0 Å². The molecule has 126 valence electrons. The van der Waals surface area contributed by atoms with Crippen molar-refractivity contribution in [2.24, 2.45) is 0 Å². The summed E-state index contributed by atoms with van der Waals surface area (Å²) in [5, 5.41) is 10.2. The van der Waals surface area contributed by atoms with Crippen LogP contribution in [-0.2, 0) is 17.9 Å². The van der Waals surface area contributed by atoms with E-state index in [1.165, 1.54) is 11.1 Å². The van der Waals surface area contributed by atoms with E-state index in [4.69, 9.17) is 9.15 Å². The van der Waals surface area contributed by atoms with Gasteiger partial charge in [-0.15, -0.1) is 0 Å². The molecule has 0 amide bonds. The highest BCUT2D eigenvalue weighted by Gasteiger charge is 2.12. The zero-order valence-corrected chi connectivity index (χ0v) is 14.1. The monoisotopic (exact) mass is 317 g/mol. The third kappa shape index (κ3) is 6.57. The largest absolute Gasteiger partial charge is 0.467 e. The second-order valence-corrected chi connectivity index (χ2v) is 5.97. The molecule has 1 aromatic carbocycles. The molecule has 2 aromatic rings. The van der Waals surface area contributed by atoms with Gasteiger partial charge in [-0.1, -0.05) is 36.8 Å². The second-order valence-electron chi connectivity index (χ2n) is 5.97. The lowest BCUT2D eigenvalue weighted by molar-refractivity contribution is 0.00387. The summed E-state index contributed by atoms with van der Waals surface area (Å²) < 4.78 is 10.7. The molecular weight excluding hydrogens is 290 g/mol. The summed E-state index contributed by atoms with van der Waals surface area (Å²) in [5.41, 5.74) is 2.54. The summed E-state index contributed by atoms with van der Waals surface area (Å²) in [6.45, 7) is 7.40. The van der Waals surface area contributed by atoms with Crippen LogP contribution in [0.2, 0.25) is 0 Å². The van der Waals surface area contributed by atoms with Crippen molar-refractivity contribution in [3.05, 3.63) is 59.5 Å². The number of hydrogen-bond donors (Lipinski definition) is 1. The van der Waals surface area contributed by atoms with E-state index in [1.54, 1.807) is 6.26 Å². The molecule has 0 aliphatic carbocycles. The van der Waals surface area contributed by atoms with Crippen LogP contribution in [0.4, 0.5) is 0 Å². The summed E-state index contributed by atoms with van der Waals surface area (Å²) in [7, 11) is 0. The van der Waals surface area contributed by atoms with E-state index in [2.05, 4.69) is 43.0 Å². The Morgan fingerprint density at radius 3 is 2.83 bits per heavy atom. The molecule has 0 aliphatic rings. The van der Waals surface area contributed by atoms with Crippen molar-refractivity contribution in [3.63, 3.8) is 0 Å². The van der Waals surface area contributed by atoms with E-state index in [9.17, 15) is 5.11 Å². The number of hydrogen-bond acceptors (Lipinski definition) is 4. The van der Waals surface area contributed by atoms with Crippen LogP contribution < -0.4 is 0 Å². The van der Waals surface area contributed by atoms with Gasteiger partial charge in [0.15, 0.2) is 0 Å². The van der Waals surface area contributed by atoms with Gasteiger partial charge in [0.1, 0.15) is 12.4 Å². The Balaban J connectivity index is 1.78. The molecule has 0 radical (unpaired) electrons. The van der Waals surface area contributed by atoms with Crippen molar-refractivity contribution in [1.82, 2.24) is 4.90 Å². The van der Waals surface area contributed by atoms with Gasteiger partial charge in [0, 0.05) is 13.1 Å². The van der Waals surface area contributed by atoms with Crippen molar-refractivity contribution in [2.45, 2.75) is 39.5 Å². The highest BCUT2D eigenvalue weighted by Crippen LogP contribution is 2.09. The van der Waals surface area contributed by atoms with Crippen molar-refractivity contribution in [3.8, 4) is 0 Å². The van der Waals surface area contributed by atoms with Gasteiger partial charge < -0.3 is 14.3 Å². The van der Waals surface area contributed by atoms with Crippen LogP contribution >= 0.6 is 0 Å². The van der Waals surface area contributed by atoms with Crippen LogP contribution in [0.25, 0.3) is 0 Å². The first-order valence-corrected chi connectivity index (χ1v) is 8.23. The maximum absolute atomic E-state index is 10.2. The number of furan rings is 1. The molecule has 2 rings (SSSR count). The van der Waals surface area contributed by atoms with Crippen LogP contribution in [0.3, 0.4) is 0 Å². The van der Waals surface area contributed by atoms with Gasteiger partial charge >= 0.3 is 0 Å². The van der Waals surface area contributed by atoms with Gasteiger partial charge in [-0.3, -0.25) is 4.90 Å². The predicted octanol–water partition coefficient (Wildman–Crippen LogP) is 3.38. The molecule has 1 aromatic heterocycles. The van der Waals surface area contributed by atoms with Gasteiger partial charge in [-0.2, -0.15) is 0 Å². The Hall–Kier alpha value is -1.62. The minimum Gasteiger partial charge on any atom is -0.467 e. The number of aryl methyl sites for hydroxylation is 1. The number of nitrogens with zero attached hydrogens (tertiary/aromatic N) is 1. The van der Waals surface area contributed by atoms with E-state index in [0.29, 0.717) is 19.8 Å².